The van der Waals surface area contributed by atoms with Crippen LogP contribution in [0.2, 0.25) is 0 Å². The lowest BCUT2D eigenvalue weighted by Crippen LogP contribution is -2.46. The summed E-state index contributed by atoms with van der Waals surface area (Å²) in [6.07, 6.45) is 0. The molecule has 9 nitrogen and oxygen atoms in total. The van der Waals surface area contributed by atoms with Gasteiger partial charge in [0.25, 0.3) is 0 Å². The van der Waals surface area contributed by atoms with E-state index in [2.05, 4.69) is 49.3 Å². The van der Waals surface area contributed by atoms with E-state index in [1.54, 1.807) is 23.9 Å². The Bertz CT molecular complexity index is 1120. The van der Waals surface area contributed by atoms with E-state index in [4.69, 9.17) is 4.42 Å². The van der Waals surface area contributed by atoms with Crippen molar-refractivity contribution in [3.8, 4) is 0 Å². The molecule has 0 bridgehead atoms. The van der Waals surface area contributed by atoms with Gasteiger partial charge in [-0.15, -0.1) is 0 Å². The van der Waals surface area contributed by atoms with Crippen LogP contribution in [0.4, 0.5) is 17.3 Å². The number of nitro groups is 1. The first kappa shape index (κ1) is 26.0. The molecule has 3 heterocycles. The standard InChI is InChI=1S/C26H34N6O3S/c1-29(2)19-22-8-9-23(35-22)20-36-17-12-27-26-24(32(33)34)10-11-25(28-26)31-15-13-30(14-16-31)18-21-6-4-3-5-7-21/h3-11H,12-20H2,1-2H3,(H,27,28). The van der Waals surface area contributed by atoms with Crippen LogP contribution >= 0.6 is 11.8 Å². The number of benzene rings is 1. The Hall–Kier alpha value is -3.08. The van der Waals surface area contributed by atoms with E-state index in [9.17, 15) is 10.1 Å². The zero-order valence-corrected chi connectivity index (χ0v) is 21.7. The van der Waals surface area contributed by atoms with Crippen LogP contribution < -0.4 is 10.2 Å². The fourth-order valence-corrected chi connectivity index (χ4v) is 4.93. The van der Waals surface area contributed by atoms with Crippen molar-refractivity contribution in [3.05, 3.63) is 81.8 Å². The molecule has 0 saturated carbocycles. The normalized spacial score (nSPS) is 14.4. The number of pyridine rings is 1. The van der Waals surface area contributed by atoms with E-state index in [0.717, 1.165) is 68.1 Å². The van der Waals surface area contributed by atoms with E-state index in [0.29, 0.717) is 12.4 Å². The molecule has 1 aliphatic rings. The smallest absolute Gasteiger partial charge is 0.311 e. The van der Waals surface area contributed by atoms with E-state index < -0.39 is 0 Å². The monoisotopic (exact) mass is 510 g/mol. The van der Waals surface area contributed by atoms with Crippen LogP contribution in [0.5, 0.6) is 0 Å². The molecule has 1 aromatic carbocycles. The van der Waals surface area contributed by atoms with Crippen LogP contribution in [0, 0.1) is 10.1 Å². The van der Waals surface area contributed by atoms with Crippen molar-refractivity contribution < 1.29 is 9.34 Å². The molecule has 192 valence electrons. The van der Waals surface area contributed by atoms with Crippen LogP contribution in [0.25, 0.3) is 0 Å². The number of furan rings is 1. The Morgan fingerprint density at radius 1 is 1.06 bits per heavy atom. The molecule has 0 unspecified atom stereocenters. The minimum atomic E-state index is -0.376. The summed E-state index contributed by atoms with van der Waals surface area (Å²) in [7, 11) is 4.02. The minimum absolute atomic E-state index is 0.00539. The molecule has 0 amide bonds. The number of anilines is 2. The maximum absolute atomic E-state index is 11.6. The molecule has 36 heavy (non-hydrogen) atoms. The first-order valence-corrected chi connectivity index (χ1v) is 13.3. The second kappa shape index (κ2) is 12.8. The maximum atomic E-state index is 11.6. The summed E-state index contributed by atoms with van der Waals surface area (Å²) in [6, 6.07) is 17.8. The molecule has 1 N–H and O–H groups in total. The molecule has 0 spiro atoms. The maximum Gasteiger partial charge on any atom is 0.311 e. The lowest BCUT2D eigenvalue weighted by molar-refractivity contribution is -0.384. The predicted molar refractivity (Wildman–Crippen MR) is 146 cm³/mol. The average Bonchev–Trinajstić information content (AvgIpc) is 3.31. The van der Waals surface area contributed by atoms with Gasteiger partial charge in [-0.3, -0.25) is 15.0 Å². The van der Waals surface area contributed by atoms with Gasteiger partial charge in [0, 0.05) is 51.1 Å². The van der Waals surface area contributed by atoms with Crippen molar-refractivity contribution in [1.82, 2.24) is 14.8 Å². The Balaban J connectivity index is 1.27. The highest BCUT2D eigenvalue weighted by Gasteiger charge is 2.22. The highest BCUT2D eigenvalue weighted by molar-refractivity contribution is 7.98. The van der Waals surface area contributed by atoms with E-state index in [1.165, 1.54) is 5.56 Å². The molecular formula is C26H34N6O3S. The largest absolute Gasteiger partial charge is 0.464 e. The first-order chi connectivity index (χ1) is 17.5. The third-order valence-corrected chi connectivity index (χ3v) is 6.96. The lowest BCUT2D eigenvalue weighted by atomic mass is 10.2. The zero-order valence-electron chi connectivity index (χ0n) is 20.9. The summed E-state index contributed by atoms with van der Waals surface area (Å²) in [4.78, 5) is 22.5. The molecule has 1 saturated heterocycles. The molecule has 0 radical (unpaired) electrons. The van der Waals surface area contributed by atoms with Gasteiger partial charge in [-0.25, -0.2) is 4.98 Å². The van der Waals surface area contributed by atoms with Gasteiger partial charge < -0.3 is 19.5 Å². The topological polar surface area (TPSA) is 90.9 Å². The second-order valence-electron chi connectivity index (χ2n) is 9.13. The highest BCUT2D eigenvalue weighted by Crippen LogP contribution is 2.27. The molecule has 3 aromatic rings. The molecule has 10 heteroatoms. The van der Waals surface area contributed by atoms with Gasteiger partial charge in [0.05, 0.1) is 17.2 Å². The van der Waals surface area contributed by atoms with Crippen molar-refractivity contribution in [2.75, 3.05) is 62.8 Å². The summed E-state index contributed by atoms with van der Waals surface area (Å²) >= 11 is 1.72. The first-order valence-electron chi connectivity index (χ1n) is 12.2. The molecule has 0 aliphatic carbocycles. The number of hydrogen-bond acceptors (Lipinski definition) is 9. The van der Waals surface area contributed by atoms with Gasteiger partial charge in [0.1, 0.15) is 17.3 Å². The number of nitrogens with zero attached hydrogens (tertiary/aromatic N) is 5. The van der Waals surface area contributed by atoms with Gasteiger partial charge in [-0.2, -0.15) is 11.8 Å². The Morgan fingerprint density at radius 2 is 1.81 bits per heavy atom. The van der Waals surface area contributed by atoms with Gasteiger partial charge >= 0.3 is 5.69 Å². The van der Waals surface area contributed by atoms with Gasteiger partial charge in [0.2, 0.25) is 5.82 Å². The number of hydrogen-bond donors (Lipinski definition) is 1. The third kappa shape index (κ3) is 7.46. The fraction of sp³-hybridized carbons (Fsp3) is 0.423. The van der Waals surface area contributed by atoms with Crippen molar-refractivity contribution in [1.29, 1.82) is 0 Å². The van der Waals surface area contributed by atoms with Gasteiger partial charge in [-0.05, 0) is 37.9 Å². The van der Waals surface area contributed by atoms with Crippen LogP contribution in [0.15, 0.2) is 59.0 Å². The SMILES string of the molecule is CN(C)Cc1ccc(CSCCNc2nc(N3CCN(Cc4ccccc4)CC3)ccc2[N+](=O)[O-])o1. The number of aromatic nitrogens is 1. The number of thioether (sulfide) groups is 1. The molecular weight excluding hydrogens is 476 g/mol. The summed E-state index contributed by atoms with van der Waals surface area (Å²) in [6.45, 7) is 5.82. The van der Waals surface area contributed by atoms with Crippen molar-refractivity contribution in [2.24, 2.45) is 0 Å². The van der Waals surface area contributed by atoms with Gasteiger partial charge in [0.15, 0.2) is 0 Å². The van der Waals surface area contributed by atoms with Crippen LogP contribution in [-0.2, 0) is 18.8 Å². The van der Waals surface area contributed by atoms with Crippen LogP contribution in [0.3, 0.4) is 0 Å². The Labute approximate surface area is 216 Å². The minimum Gasteiger partial charge on any atom is -0.464 e. The van der Waals surface area contributed by atoms with Crippen LogP contribution in [-0.4, -0.2) is 72.3 Å². The number of rotatable bonds is 12. The molecule has 4 rings (SSSR count). The molecule has 1 aliphatic heterocycles. The predicted octanol–water partition coefficient (Wildman–Crippen LogP) is 4.31. The van der Waals surface area contributed by atoms with E-state index in [-0.39, 0.29) is 10.6 Å². The summed E-state index contributed by atoms with van der Waals surface area (Å²) in [5, 5.41) is 14.7. The third-order valence-electron chi connectivity index (χ3n) is 5.97. The fourth-order valence-electron chi connectivity index (χ4n) is 4.18. The zero-order chi connectivity index (χ0) is 25.3. The highest BCUT2D eigenvalue weighted by atomic mass is 32.2. The Morgan fingerprint density at radius 3 is 2.53 bits per heavy atom. The van der Waals surface area contributed by atoms with E-state index in [1.807, 2.05) is 32.3 Å². The lowest BCUT2D eigenvalue weighted by Gasteiger charge is -2.35. The molecule has 2 aromatic heterocycles. The van der Waals surface area contributed by atoms with Crippen LogP contribution in [0.1, 0.15) is 17.1 Å². The quantitative estimate of drug-likeness (QED) is 0.217. The van der Waals surface area contributed by atoms with E-state index >= 15 is 0 Å². The second-order valence-corrected chi connectivity index (χ2v) is 10.2. The summed E-state index contributed by atoms with van der Waals surface area (Å²) < 4.78 is 5.84. The molecule has 1 fully saturated rings. The summed E-state index contributed by atoms with van der Waals surface area (Å²) in [5.41, 5.74) is 1.32. The van der Waals surface area contributed by atoms with Crippen molar-refractivity contribution in [3.63, 3.8) is 0 Å². The van der Waals surface area contributed by atoms with Crippen molar-refractivity contribution in [2.45, 2.75) is 18.8 Å². The number of nitrogens with one attached hydrogen (secondary N) is 1. The Kier molecular flexibility index (Phi) is 9.21. The average molecular weight is 511 g/mol. The van der Waals surface area contributed by atoms with Gasteiger partial charge in [-0.1, -0.05) is 30.3 Å². The summed E-state index contributed by atoms with van der Waals surface area (Å²) in [5.74, 6) is 4.54. The molecule has 0 atom stereocenters. The number of piperazine rings is 1. The van der Waals surface area contributed by atoms with Crippen molar-refractivity contribution >= 4 is 29.1 Å².